The molecule has 4 aromatic rings. The molecule has 1 aromatic carbocycles. The molecule has 0 aliphatic rings. The number of anilines is 2. The molecule has 0 fully saturated rings. The number of rotatable bonds is 4. The van der Waals surface area contributed by atoms with E-state index in [1.165, 1.54) is 6.33 Å². The minimum atomic E-state index is 0.557. The van der Waals surface area contributed by atoms with Gasteiger partial charge in [0.05, 0.1) is 7.11 Å². The smallest absolute Gasteiger partial charge is 0.212 e. The topological polar surface area (TPSA) is 88.6 Å². The first-order valence-electron chi connectivity index (χ1n) is 7.37. The molecule has 2 N–H and O–H groups in total. The average Bonchev–Trinajstić information content (AvgIpc) is 3.08. The van der Waals surface area contributed by atoms with E-state index in [4.69, 9.17) is 4.74 Å². The number of aromatic nitrogens is 5. The Bertz CT molecular complexity index is 965. The van der Waals surface area contributed by atoms with Gasteiger partial charge in [-0.1, -0.05) is 18.2 Å². The lowest BCUT2D eigenvalue weighted by Gasteiger charge is -2.05. The predicted octanol–water partition coefficient (Wildman–Crippen LogP) is 3.17. The summed E-state index contributed by atoms with van der Waals surface area (Å²) in [5.74, 6) is 1.91. The Labute approximate surface area is 137 Å². The van der Waals surface area contributed by atoms with Crippen LogP contribution in [0.4, 0.5) is 11.5 Å². The quantitative estimate of drug-likeness (QED) is 0.601. The number of ether oxygens (including phenoxy) is 1. The molecule has 7 nitrogen and oxygen atoms in total. The van der Waals surface area contributed by atoms with Gasteiger partial charge in [-0.25, -0.2) is 19.9 Å². The Morgan fingerprint density at radius 2 is 1.88 bits per heavy atom. The highest BCUT2D eigenvalue weighted by Gasteiger charge is 2.11. The molecule has 0 radical (unpaired) electrons. The van der Waals surface area contributed by atoms with E-state index in [1.54, 1.807) is 19.4 Å². The number of para-hydroxylation sites is 1. The first kappa shape index (κ1) is 14.1. The van der Waals surface area contributed by atoms with E-state index >= 15 is 0 Å². The number of fused-ring (bicyclic) bond motifs is 1. The van der Waals surface area contributed by atoms with Crippen LogP contribution in [0.2, 0.25) is 0 Å². The summed E-state index contributed by atoms with van der Waals surface area (Å²) in [6.07, 6.45) is 3.19. The molecule has 118 valence electrons. The third kappa shape index (κ3) is 2.63. The van der Waals surface area contributed by atoms with Crippen LogP contribution >= 0.6 is 0 Å². The van der Waals surface area contributed by atoms with Gasteiger partial charge in [0.25, 0.3) is 0 Å². The number of methoxy groups -OCH3 is 1. The van der Waals surface area contributed by atoms with Crippen LogP contribution in [-0.4, -0.2) is 32.0 Å². The van der Waals surface area contributed by atoms with Crippen LogP contribution in [0.3, 0.4) is 0 Å². The number of pyridine rings is 1. The van der Waals surface area contributed by atoms with Crippen molar-refractivity contribution in [3.63, 3.8) is 0 Å². The summed E-state index contributed by atoms with van der Waals surface area (Å²) in [6, 6.07) is 13.5. The number of imidazole rings is 1. The second-order valence-electron chi connectivity index (χ2n) is 5.09. The number of hydrogen-bond donors (Lipinski definition) is 2. The van der Waals surface area contributed by atoms with Crippen LogP contribution in [0.25, 0.3) is 22.6 Å². The van der Waals surface area contributed by atoms with Crippen molar-refractivity contribution in [1.29, 1.82) is 0 Å². The van der Waals surface area contributed by atoms with Crippen LogP contribution in [-0.2, 0) is 0 Å². The number of nitrogens with one attached hydrogen (secondary N) is 2. The van der Waals surface area contributed by atoms with Gasteiger partial charge < -0.3 is 15.0 Å². The SMILES string of the molecule is COc1ccc(-c2nc3ncnc(Nc4ccccc4)c3[nH]2)cn1. The highest BCUT2D eigenvalue weighted by atomic mass is 16.5. The van der Waals surface area contributed by atoms with Crippen LogP contribution < -0.4 is 10.1 Å². The predicted molar refractivity (Wildman–Crippen MR) is 91.2 cm³/mol. The third-order valence-corrected chi connectivity index (χ3v) is 3.54. The monoisotopic (exact) mass is 318 g/mol. The molecule has 0 atom stereocenters. The Kier molecular flexibility index (Phi) is 3.51. The first-order chi connectivity index (χ1) is 11.8. The van der Waals surface area contributed by atoms with E-state index < -0.39 is 0 Å². The van der Waals surface area contributed by atoms with Gasteiger partial charge in [-0.05, 0) is 18.2 Å². The number of H-pyrrole nitrogens is 1. The van der Waals surface area contributed by atoms with Crippen molar-refractivity contribution in [2.24, 2.45) is 0 Å². The molecular formula is C17H14N6O. The summed E-state index contributed by atoms with van der Waals surface area (Å²) in [6.45, 7) is 0. The molecule has 0 unspecified atom stereocenters. The van der Waals surface area contributed by atoms with E-state index in [1.807, 2.05) is 36.4 Å². The number of aromatic amines is 1. The molecule has 0 saturated heterocycles. The van der Waals surface area contributed by atoms with Crippen LogP contribution in [0.15, 0.2) is 55.0 Å². The maximum absolute atomic E-state index is 5.08. The van der Waals surface area contributed by atoms with Crippen LogP contribution in [0, 0.1) is 0 Å². The van der Waals surface area contributed by atoms with Gasteiger partial charge >= 0.3 is 0 Å². The van der Waals surface area contributed by atoms with Gasteiger partial charge in [0.1, 0.15) is 17.7 Å². The standard InChI is InChI=1S/C17H14N6O/c1-24-13-8-7-11(9-18-13)15-22-14-16(19-10-20-17(14)23-15)21-12-5-3-2-4-6-12/h2-10H,1H3,(H2,19,20,21,22,23). The van der Waals surface area contributed by atoms with E-state index in [2.05, 4.69) is 30.2 Å². The van der Waals surface area contributed by atoms with Gasteiger partial charge in [0.2, 0.25) is 5.88 Å². The maximum Gasteiger partial charge on any atom is 0.212 e. The van der Waals surface area contributed by atoms with Gasteiger partial charge in [-0.15, -0.1) is 0 Å². The highest BCUT2D eigenvalue weighted by Crippen LogP contribution is 2.25. The van der Waals surface area contributed by atoms with Gasteiger partial charge in [0.15, 0.2) is 11.5 Å². The molecule has 4 rings (SSSR count). The molecule has 0 amide bonds. The molecule has 0 spiro atoms. The second kappa shape index (κ2) is 5.96. The number of hydrogen-bond acceptors (Lipinski definition) is 6. The van der Waals surface area contributed by atoms with Crippen LogP contribution in [0.5, 0.6) is 5.88 Å². The molecule has 3 aromatic heterocycles. The lowest BCUT2D eigenvalue weighted by Crippen LogP contribution is -1.95. The zero-order valence-electron chi connectivity index (χ0n) is 12.9. The van der Waals surface area contributed by atoms with Crippen molar-refractivity contribution < 1.29 is 4.74 Å². The zero-order valence-corrected chi connectivity index (χ0v) is 12.9. The van der Waals surface area contributed by atoms with Gasteiger partial charge in [-0.3, -0.25) is 0 Å². The summed E-state index contributed by atoms with van der Waals surface area (Å²) in [7, 11) is 1.58. The summed E-state index contributed by atoms with van der Waals surface area (Å²) in [5.41, 5.74) is 3.13. The molecule has 7 heteroatoms. The molecule has 24 heavy (non-hydrogen) atoms. The first-order valence-corrected chi connectivity index (χ1v) is 7.37. The maximum atomic E-state index is 5.08. The van der Waals surface area contributed by atoms with E-state index in [9.17, 15) is 0 Å². The van der Waals surface area contributed by atoms with Crippen molar-refractivity contribution in [1.82, 2.24) is 24.9 Å². The fourth-order valence-electron chi connectivity index (χ4n) is 2.36. The summed E-state index contributed by atoms with van der Waals surface area (Å²) in [5, 5.41) is 3.27. The Morgan fingerprint density at radius 1 is 1.00 bits per heavy atom. The zero-order chi connectivity index (χ0) is 16.4. The minimum absolute atomic E-state index is 0.557. The lowest BCUT2D eigenvalue weighted by molar-refractivity contribution is 0.398. The molecule has 0 aliphatic heterocycles. The number of benzene rings is 1. The fourth-order valence-corrected chi connectivity index (χ4v) is 2.36. The Morgan fingerprint density at radius 3 is 2.62 bits per heavy atom. The molecule has 0 saturated carbocycles. The minimum Gasteiger partial charge on any atom is -0.481 e. The van der Waals surface area contributed by atoms with Crippen molar-refractivity contribution in [3.05, 3.63) is 55.0 Å². The summed E-state index contributed by atoms with van der Waals surface area (Å²) < 4.78 is 5.08. The highest BCUT2D eigenvalue weighted by molar-refractivity contribution is 5.87. The van der Waals surface area contributed by atoms with Crippen LogP contribution in [0.1, 0.15) is 0 Å². The van der Waals surface area contributed by atoms with Crippen molar-refractivity contribution in [3.8, 4) is 17.3 Å². The molecule has 0 aliphatic carbocycles. The lowest BCUT2D eigenvalue weighted by atomic mass is 10.3. The Balaban J connectivity index is 1.73. The molecule has 0 bridgehead atoms. The average molecular weight is 318 g/mol. The molecular weight excluding hydrogens is 304 g/mol. The summed E-state index contributed by atoms with van der Waals surface area (Å²) >= 11 is 0. The van der Waals surface area contributed by atoms with Crippen molar-refractivity contribution in [2.45, 2.75) is 0 Å². The van der Waals surface area contributed by atoms with Gasteiger partial charge in [-0.2, -0.15) is 0 Å². The van der Waals surface area contributed by atoms with Crippen molar-refractivity contribution in [2.75, 3.05) is 12.4 Å². The van der Waals surface area contributed by atoms with E-state index in [0.29, 0.717) is 23.2 Å². The normalized spacial score (nSPS) is 10.7. The molecule has 3 heterocycles. The van der Waals surface area contributed by atoms with Crippen molar-refractivity contribution >= 4 is 22.7 Å². The van der Waals surface area contributed by atoms with E-state index in [-0.39, 0.29) is 0 Å². The number of nitrogens with zero attached hydrogens (tertiary/aromatic N) is 4. The second-order valence-corrected chi connectivity index (χ2v) is 5.09. The fraction of sp³-hybridized carbons (Fsp3) is 0.0588. The summed E-state index contributed by atoms with van der Waals surface area (Å²) in [4.78, 5) is 20.5. The van der Waals surface area contributed by atoms with Gasteiger partial charge in [0, 0.05) is 23.5 Å². The van der Waals surface area contributed by atoms with E-state index in [0.717, 1.165) is 16.8 Å². The largest absolute Gasteiger partial charge is 0.481 e. The Hall–Kier alpha value is -3.48. The third-order valence-electron chi connectivity index (χ3n) is 3.54.